The minimum atomic E-state index is 0.428. The van der Waals surface area contributed by atoms with Crippen molar-refractivity contribution in [3.8, 4) is 0 Å². The molecule has 1 aliphatic rings. The molecule has 1 atom stereocenters. The maximum Gasteiger partial charge on any atom is 0.0192 e. The van der Waals surface area contributed by atoms with Gasteiger partial charge in [-0.25, -0.2) is 0 Å². The van der Waals surface area contributed by atoms with E-state index < -0.39 is 0 Å². The average molecular weight is 212 g/mol. The van der Waals surface area contributed by atoms with E-state index in [9.17, 15) is 0 Å². The lowest BCUT2D eigenvalue weighted by atomic mass is 9.93. The van der Waals surface area contributed by atoms with Gasteiger partial charge in [0.05, 0.1) is 0 Å². The summed E-state index contributed by atoms with van der Waals surface area (Å²) in [4.78, 5) is 2.66. The van der Waals surface area contributed by atoms with Gasteiger partial charge in [0, 0.05) is 25.7 Å². The molecule has 1 heterocycles. The van der Waals surface area contributed by atoms with Crippen LogP contribution < -0.4 is 5.32 Å². The van der Waals surface area contributed by atoms with Crippen molar-refractivity contribution in [2.75, 3.05) is 26.2 Å². The van der Waals surface area contributed by atoms with Gasteiger partial charge in [0.1, 0.15) is 0 Å². The molecular weight excluding hydrogens is 184 g/mol. The second-order valence-electron chi connectivity index (χ2n) is 5.82. The summed E-state index contributed by atoms with van der Waals surface area (Å²) in [5.74, 6) is 0. The van der Waals surface area contributed by atoms with Gasteiger partial charge in [0.15, 0.2) is 0 Å². The van der Waals surface area contributed by atoms with E-state index in [2.05, 4.69) is 37.9 Å². The molecule has 1 saturated heterocycles. The average Bonchev–Trinajstić information content (AvgIpc) is 2.27. The first-order valence-electron chi connectivity index (χ1n) is 6.50. The molecule has 1 rings (SSSR count). The minimum absolute atomic E-state index is 0.428. The van der Waals surface area contributed by atoms with Crippen LogP contribution in [0, 0.1) is 5.41 Å². The molecule has 2 heteroatoms. The molecule has 90 valence electrons. The number of hydrogen-bond donors (Lipinski definition) is 1. The standard InChI is InChI=1S/C13H28N2/c1-5-6-7-8-15-11-13(3,4)10-14-9-12(15)2/h12,14H,5-11H2,1-4H3. The Morgan fingerprint density at radius 2 is 2.07 bits per heavy atom. The Labute approximate surface area is 95.4 Å². The number of nitrogens with one attached hydrogen (secondary N) is 1. The van der Waals surface area contributed by atoms with E-state index in [0.717, 1.165) is 13.1 Å². The maximum absolute atomic E-state index is 3.57. The molecule has 1 fully saturated rings. The molecule has 0 aromatic rings. The Morgan fingerprint density at radius 1 is 1.33 bits per heavy atom. The number of hydrogen-bond acceptors (Lipinski definition) is 2. The third kappa shape index (κ3) is 4.52. The van der Waals surface area contributed by atoms with Crippen LogP contribution in [0.5, 0.6) is 0 Å². The summed E-state index contributed by atoms with van der Waals surface area (Å²) in [6.07, 6.45) is 4.05. The summed E-state index contributed by atoms with van der Waals surface area (Å²) in [5.41, 5.74) is 0.428. The van der Waals surface area contributed by atoms with Gasteiger partial charge in [-0.3, -0.25) is 4.90 Å². The monoisotopic (exact) mass is 212 g/mol. The highest BCUT2D eigenvalue weighted by atomic mass is 15.2. The fourth-order valence-electron chi connectivity index (χ4n) is 2.37. The number of nitrogens with zero attached hydrogens (tertiary/aromatic N) is 1. The molecular formula is C13H28N2. The van der Waals surface area contributed by atoms with E-state index >= 15 is 0 Å². The molecule has 1 N–H and O–H groups in total. The van der Waals surface area contributed by atoms with Gasteiger partial charge in [-0.1, -0.05) is 33.6 Å². The Kier molecular flexibility index (Phi) is 5.07. The smallest absolute Gasteiger partial charge is 0.0192 e. The summed E-state index contributed by atoms with van der Waals surface area (Å²) >= 11 is 0. The molecule has 0 saturated carbocycles. The molecule has 0 spiro atoms. The highest BCUT2D eigenvalue weighted by molar-refractivity contribution is 4.84. The van der Waals surface area contributed by atoms with Gasteiger partial charge in [-0.05, 0) is 25.3 Å². The van der Waals surface area contributed by atoms with Crippen LogP contribution in [0.3, 0.4) is 0 Å². The third-order valence-corrected chi connectivity index (χ3v) is 3.35. The quantitative estimate of drug-likeness (QED) is 0.720. The van der Waals surface area contributed by atoms with Gasteiger partial charge >= 0.3 is 0 Å². The first kappa shape index (κ1) is 13.0. The van der Waals surface area contributed by atoms with Crippen molar-refractivity contribution in [3.05, 3.63) is 0 Å². The number of rotatable bonds is 4. The first-order chi connectivity index (χ1) is 7.05. The molecule has 2 nitrogen and oxygen atoms in total. The topological polar surface area (TPSA) is 15.3 Å². The summed E-state index contributed by atoms with van der Waals surface area (Å²) in [6.45, 7) is 14.2. The SMILES string of the molecule is CCCCCN1CC(C)(C)CNCC1C. The predicted molar refractivity (Wildman–Crippen MR) is 67.2 cm³/mol. The van der Waals surface area contributed by atoms with Crippen LogP contribution >= 0.6 is 0 Å². The van der Waals surface area contributed by atoms with Crippen LogP contribution in [0.2, 0.25) is 0 Å². The van der Waals surface area contributed by atoms with Gasteiger partial charge in [0.25, 0.3) is 0 Å². The zero-order valence-electron chi connectivity index (χ0n) is 11.0. The lowest BCUT2D eigenvalue weighted by Crippen LogP contribution is -2.40. The van der Waals surface area contributed by atoms with Crippen molar-refractivity contribution in [3.63, 3.8) is 0 Å². The van der Waals surface area contributed by atoms with E-state index in [-0.39, 0.29) is 0 Å². The molecule has 1 aliphatic heterocycles. The van der Waals surface area contributed by atoms with Crippen LogP contribution in [-0.2, 0) is 0 Å². The lowest BCUT2D eigenvalue weighted by molar-refractivity contribution is 0.163. The summed E-state index contributed by atoms with van der Waals surface area (Å²) in [7, 11) is 0. The van der Waals surface area contributed by atoms with E-state index in [1.54, 1.807) is 0 Å². The lowest BCUT2D eigenvalue weighted by Gasteiger charge is -2.32. The fraction of sp³-hybridized carbons (Fsp3) is 1.00. The fourth-order valence-corrected chi connectivity index (χ4v) is 2.37. The van der Waals surface area contributed by atoms with Crippen LogP contribution in [0.4, 0.5) is 0 Å². The Hall–Kier alpha value is -0.0800. The maximum atomic E-state index is 3.57. The predicted octanol–water partition coefficient (Wildman–Crippen LogP) is 2.50. The van der Waals surface area contributed by atoms with Crippen molar-refractivity contribution in [1.29, 1.82) is 0 Å². The van der Waals surface area contributed by atoms with Gasteiger partial charge in [0.2, 0.25) is 0 Å². The molecule has 0 aliphatic carbocycles. The zero-order valence-corrected chi connectivity index (χ0v) is 11.0. The van der Waals surface area contributed by atoms with Gasteiger partial charge in [-0.2, -0.15) is 0 Å². The third-order valence-electron chi connectivity index (χ3n) is 3.35. The van der Waals surface area contributed by atoms with Gasteiger partial charge in [-0.15, -0.1) is 0 Å². The molecule has 0 amide bonds. The van der Waals surface area contributed by atoms with Crippen molar-refractivity contribution >= 4 is 0 Å². The summed E-state index contributed by atoms with van der Waals surface area (Å²) in [6, 6.07) is 0.698. The normalized spacial score (nSPS) is 27.6. The largest absolute Gasteiger partial charge is 0.315 e. The van der Waals surface area contributed by atoms with Crippen LogP contribution in [-0.4, -0.2) is 37.1 Å². The zero-order chi connectivity index (χ0) is 11.3. The summed E-state index contributed by atoms with van der Waals surface area (Å²) < 4.78 is 0. The number of unbranched alkanes of at least 4 members (excludes halogenated alkanes) is 2. The van der Waals surface area contributed by atoms with E-state index in [0.29, 0.717) is 11.5 Å². The van der Waals surface area contributed by atoms with Crippen molar-refractivity contribution in [2.24, 2.45) is 5.41 Å². The van der Waals surface area contributed by atoms with Crippen LogP contribution in [0.15, 0.2) is 0 Å². The second kappa shape index (κ2) is 5.86. The molecule has 0 radical (unpaired) electrons. The molecule has 0 aromatic carbocycles. The highest BCUT2D eigenvalue weighted by Crippen LogP contribution is 2.20. The van der Waals surface area contributed by atoms with Crippen LogP contribution in [0.1, 0.15) is 47.0 Å². The molecule has 1 unspecified atom stereocenters. The van der Waals surface area contributed by atoms with E-state index in [1.807, 2.05) is 0 Å². The van der Waals surface area contributed by atoms with E-state index in [1.165, 1.54) is 32.4 Å². The highest BCUT2D eigenvalue weighted by Gasteiger charge is 2.27. The van der Waals surface area contributed by atoms with Crippen LogP contribution in [0.25, 0.3) is 0 Å². The molecule has 0 aromatic heterocycles. The summed E-state index contributed by atoms with van der Waals surface area (Å²) in [5, 5.41) is 3.57. The van der Waals surface area contributed by atoms with Crippen molar-refractivity contribution in [1.82, 2.24) is 10.2 Å². The Bertz CT molecular complexity index is 177. The van der Waals surface area contributed by atoms with Gasteiger partial charge < -0.3 is 5.32 Å². The minimum Gasteiger partial charge on any atom is -0.315 e. The second-order valence-corrected chi connectivity index (χ2v) is 5.82. The molecule has 15 heavy (non-hydrogen) atoms. The Balaban J connectivity index is 2.43. The van der Waals surface area contributed by atoms with Crippen molar-refractivity contribution in [2.45, 2.75) is 53.0 Å². The van der Waals surface area contributed by atoms with E-state index in [4.69, 9.17) is 0 Å². The first-order valence-corrected chi connectivity index (χ1v) is 6.50. The van der Waals surface area contributed by atoms with Crippen molar-refractivity contribution < 1.29 is 0 Å². The molecule has 0 bridgehead atoms. The Morgan fingerprint density at radius 3 is 2.73 bits per heavy atom.